The number of nitrogens with zero attached hydrogens (tertiary/aromatic N) is 1. The largest absolute Gasteiger partial charge is 0.464 e. The number of imide groups is 1. The van der Waals surface area contributed by atoms with Gasteiger partial charge in [-0.25, -0.2) is 14.5 Å². The minimum atomic E-state index is -1.05. The van der Waals surface area contributed by atoms with E-state index in [2.05, 4.69) is 4.74 Å². The lowest BCUT2D eigenvalue weighted by molar-refractivity contribution is -0.151. The first-order valence-electron chi connectivity index (χ1n) is 6.83. The van der Waals surface area contributed by atoms with Crippen molar-refractivity contribution in [2.24, 2.45) is 0 Å². The third-order valence-corrected chi connectivity index (χ3v) is 3.37. The van der Waals surface area contributed by atoms with Gasteiger partial charge in [0.05, 0.1) is 18.2 Å². The van der Waals surface area contributed by atoms with E-state index in [0.29, 0.717) is 4.90 Å². The summed E-state index contributed by atoms with van der Waals surface area (Å²) in [7, 11) is 1.10. The van der Waals surface area contributed by atoms with Crippen LogP contribution in [0.2, 0.25) is 0 Å². The molecule has 0 aromatic heterocycles. The van der Waals surface area contributed by atoms with E-state index in [-0.39, 0.29) is 11.1 Å². The zero-order chi connectivity index (χ0) is 17.3. The summed E-state index contributed by atoms with van der Waals surface area (Å²) in [6.45, 7) is 0. The second-order valence-electron chi connectivity index (χ2n) is 4.79. The summed E-state index contributed by atoms with van der Waals surface area (Å²) in [6.07, 6.45) is 2.28. The topological polar surface area (TPSA) is 99.2 Å². The van der Waals surface area contributed by atoms with Crippen molar-refractivity contribution in [3.8, 4) is 0 Å². The Labute approximate surface area is 135 Å². The average molecular weight is 329 g/mol. The number of ether oxygens (including phenoxy) is 3. The maximum absolute atomic E-state index is 12.4. The van der Waals surface area contributed by atoms with Crippen LogP contribution in [0.1, 0.15) is 20.7 Å². The number of carbonyl (C=O) groups excluding carboxylic acids is 4. The molecule has 0 aliphatic carbocycles. The fourth-order valence-electron chi connectivity index (χ4n) is 2.26. The van der Waals surface area contributed by atoms with Gasteiger partial charge in [-0.15, -0.1) is 0 Å². The Morgan fingerprint density at radius 3 is 2.29 bits per heavy atom. The van der Waals surface area contributed by atoms with Gasteiger partial charge in [-0.05, 0) is 12.1 Å². The van der Waals surface area contributed by atoms with E-state index in [1.165, 1.54) is 18.2 Å². The van der Waals surface area contributed by atoms with Gasteiger partial charge in [0.2, 0.25) is 0 Å². The van der Waals surface area contributed by atoms with E-state index in [4.69, 9.17) is 9.47 Å². The molecule has 0 unspecified atom stereocenters. The van der Waals surface area contributed by atoms with Gasteiger partial charge in [0.15, 0.2) is 5.70 Å². The lowest BCUT2D eigenvalue weighted by Gasteiger charge is -2.16. The van der Waals surface area contributed by atoms with E-state index in [0.717, 1.165) is 19.4 Å². The third-order valence-electron chi connectivity index (χ3n) is 3.37. The van der Waals surface area contributed by atoms with E-state index in [1.807, 2.05) is 0 Å². The highest BCUT2D eigenvalue weighted by Crippen LogP contribution is 2.26. The van der Waals surface area contributed by atoms with Crippen molar-refractivity contribution >= 4 is 23.8 Å². The first-order chi connectivity index (χ1) is 11.5. The molecule has 0 saturated carbocycles. The second kappa shape index (κ2) is 5.99. The monoisotopic (exact) mass is 329 g/mol. The zero-order valence-electron chi connectivity index (χ0n) is 12.4. The Balaban J connectivity index is 1.91. The molecule has 0 bridgehead atoms. The number of carbonyl (C=O) groups is 4. The van der Waals surface area contributed by atoms with Crippen molar-refractivity contribution < 1.29 is 33.4 Å². The Bertz CT molecular complexity index is 773. The number of fused-ring (bicyclic) bond motifs is 1. The van der Waals surface area contributed by atoms with Crippen molar-refractivity contribution in [3.63, 3.8) is 0 Å². The molecule has 122 valence electrons. The number of amides is 2. The van der Waals surface area contributed by atoms with E-state index in [1.54, 1.807) is 12.1 Å². The van der Waals surface area contributed by atoms with Crippen LogP contribution in [0, 0.1) is 0 Å². The van der Waals surface area contributed by atoms with Crippen LogP contribution in [0.25, 0.3) is 0 Å². The van der Waals surface area contributed by atoms with Gasteiger partial charge >= 0.3 is 11.9 Å². The van der Waals surface area contributed by atoms with Gasteiger partial charge < -0.3 is 14.2 Å². The van der Waals surface area contributed by atoms with E-state index < -0.39 is 35.7 Å². The normalized spacial score (nSPS) is 19.4. The molecule has 2 aliphatic heterocycles. The quantitative estimate of drug-likeness (QED) is 0.348. The Morgan fingerprint density at radius 2 is 1.79 bits per heavy atom. The minimum absolute atomic E-state index is 0.171. The van der Waals surface area contributed by atoms with Crippen LogP contribution < -0.4 is 0 Å². The van der Waals surface area contributed by atoms with Crippen LogP contribution in [-0.2, 0) is 23.8 Å². The van der Waals surface area contributed by atoms with Crippen molar-refractivity contribution in [2.75, 3.05) is 7.11 Å². The Kier molecular flexibility index (Phi) is 3.87. The fourth-order valence-corrected chi connectivity index (χ4v) is 2.26. The molecule has 2 amide bonds. The fraction of sp³-hybridized carbons (Fsp3) is 0.125. The maximum atomic E-state index is 12.4. The molecule has 2 heterocycles. The number of hydrogen-bond donors (Lipinski definition) is 0. The molecule has 1 aromatic carbocycles. The summed E-state index contributed by atoms with van der Waals surface area (Å²) in [5, 5.41) is 0. The number of esters is 2. The van der Waals surface area contributed by atoms with Crippen LogP contribution in [-0.4, -0.2) is 42.1 Å². The molecule has 3 rings (SSSR count). The molecular weight excluding hydrogens is 318 g/mol. The smallest absolute Gasteiger partial charge is 0.358 e. The average Bonchev–Trinajstić information content (AvgIpc) is 3.11. The number of rotatable bonds is 4. The van der Waals surface area contributed by atoms with Crippen LogP contribution in [0.15, 0.2) is 48.4 Å². The van der Waals surface area contributed by atoms with Crippen LogP contribution in [0.5, 0.6) is 0 Å². The van der Waals surface area contributed by atoms with Gasteiger partial charge in [-0.2, -0.15) is 0 Å². The lowest BCUT2D eigenvalue weighted by atomic mass is 10.1. The molecule has 0 spiro atoms. The number of cyclic esters (lactones) is 1. The van der Waals surface area contributed by atoms with Crippen LogP contribution in [0.4, 0.5) is 0 Å². The predicted octanol–water partition coefficient (Wildman–Crippen LogP) is 0.753. The van der Waals surface area contributed by atoms with Crippen LogP contribution >= 0.6 is 0 Å². The third kappa shape index (κ3) is 2.54. The molecule has 8 nitrogen and oxygen atoms in total. The molecule has 2 aliphatic rings. The molecule has 0 radical (unpaired) electrons. The van der Waals surface area contributed by atoms with Gasteiger partial charge in [0, 0.05) is 12.2 Å². The predicted molar refractivity (Wildman–Crippen MR) is 77.1 cm³/mol. The van der Waals surface area contributed by atoms with Gasteiger partial charge in [0.25, 0.3) is 18.1 Å². The highest BCUT2D eigenvalue weighted by atomic mass is 16.7. The standard InChI is InChI=1S/C16H11NO7/c1-22-16(21)11(8-23-13-7-6-12(18)24-13)17-14(19)9-4-2-3-5-10(9)15(17)20/h2-8,13H,1H3/b11-8-/t13-/m1/s1. The first-order valence-corrected chi connectivity index (χ1v) is 6.83. The molecular formula is C16H11NO7. The number of hydrogen-bond acceptors (Lipinski definition) is 7. The zero-order valence-corrected chi connectivity index (χ0v) is 12.4. The van der Waals surface area contributed by atoms with E-state index in [9.17, 15) is 19.2 Å². The van der Waals surface area contributed by atoms with Gasteiger partial charge in [-0.3, -0.25) is 9.59 Å². The van der Waals surface area contributed by atoms with Crippen molar-refractivity contribution in [3.05, 3.63) is 59.5 Å². The van der Waals surface area contributed by atoms with Crippen molar-refractivity contribution in [1.82, 2.24) is 4.90 Å². The summed E-state index contributed by atoms with van der Waals surface area (Å²) in [5.74, 6) is -2.89. The maximum Gasteiger partial charge on any atom is 0.358 e. The highest BCUT2D eigenvalue weighted by Gasteiger charge is 2.40. The summed E-state index contributed by atoms with van der Waals surface area (Å²) in [4.78, 5) is 48.4. The SMILES string of the molecule is COC(=O)/C(=C/O[C@H]1C=CC(=O)O1)N1C(=O)c2ccccc2C1=O. The van der Waals surface area contributed by atoms with Crippen LogP contribution in [0.3, 0.4) is 0 Å². The molecule has 0 N–H and O–H groups in total. The summed E-state index contributed by atoms with van der Waals surface area (Å²) in [5.41, 5.74) is -0.0750. The molecule has 8 heteroatoms. The van der Waals surface area contributed by atoms with Gasteiger partial charge in [0.1, 0.15) is 6.26 Å². The first kappa shape index (κ1) is 15.5. The molecule has 1 atom stereocenters. The van der Waals surface area contributed by atoms with Crippen molar-refractivity contribution in [1.29, 1.82) is 0 Å². The minimum Gasteiger partial charge on any atom is -0.464 e. The molecule has 1 aromatic rings. The Morgan fingerprint density at radius 1 is 1.17 bits per heavy atom. The second-order valence-corrected chi connectivity index (χ2v) is 4.79. The Hall–Kier alpha value is -3.42. The van der Waals surface area contributed by atoms with Gasteiger partial charge in [-0.1, -0.05) is 12.1 Å². The summed E-state index contributed by atoms with van der Waals surface area (Å²) in [6, 6.07) is 6.17. The highest BCUT2D eigenvalue weighted by molar-refractivity contribution is 6.24. The number of methoxy groups -OCH3 is 1. The number of benzene rings is 1. The molecule has 24 heavy (non-hydrogen) atoms. The lowest BCUT2D eigenvalue weighted by Crippen LogP contribution is -2.34. The van der Waals surface area contributed by atoms with E-state index >= 15 is 0 Å². The summed E-state index contributed by atoms with van der Waals surface area (Å²) < 4.78 is 14.5. The molecule has 0 fully saturated rings. The summed E-state index contributed by atoms with van der Waals surface area (Å²) >= 11 is 0. The molecule has 0 saturated heterocycles. The van der Waals surface area contributed by atoms with Crippen molar-refractivity contribution in [2.45, 2.75) is 6.29 Å².